The van der Waals surface area contributed by atoms with Gasteiger partial charge in [-0.1, -0.05) is 0 Å². The van der Waals surface area contributed by atoms with Gasteiger partial charge >= 0.3 is 0 Å². The molecule has 0 saturated carbocycles. The van der Waals surface area contributed by atoms with Gasteiger partial charge in [0.1, 0.15) is 4.21 Å². The Hall–Kier alpha value is 0.01000. The molecule has 0 fully saturated rings. The van der Waals surface area contributed by atoms with Crippen molar-refractivity contribution in [2.24, 2.45) is 0 Å². The lowest BCUT2D eigenvalue weighted by atomic mass is 10.1. The maximum atomic E-state index is 12.1. The first-order valence-corrected chi connectivity index (χ1v) is 8.75. The fraction of sp³-hybridized carbons (Fsp3) is 0.636. The van der Waals surface area contributed by atoms with Crippen molar-refractivity contribution in [1.82, 2.24) is 9.62 Å². The van der Waals surface area contributed by atoms with E-state index in [0.717, 1.165) is 20.7 Å². The lowest BCUT2D eigenvalue weighted by Gasteiger charge is -2.26. The van der Waals surface area contributed by atoms with Crippen molar-refractivity contribution in [2.75, 3.05) is 27.2 Å². The van der Waals surface area contributed by atoms with Gasteiger partial charge in [0.25, 0.3) is 0 Å². The molecular weight excluding hydrogens is 352 g/mol. The molecule has 0 saturated heterocycles. The van der Waals surface area contributed by atoms with Crippen LogP contribution in [0.25, 0.3) is 0 Å². The van der Waals surface area contributed by atoms with E-state index in [9.17, 15) is 13.5 Å². The third-order valence-electron chi connectivity index (χ3n) is 2.40. The minimum Gasteiger partial charge on any atom is -0.387 e. The number of halogens is 1. The second kappa shape index (κ2) is 6.19. The summed E-state index contributed by atoms with van der Waals surface area (Å²) < 4.78 is 27.7. The van der Waals surface area contributed by atoms with E-state index in [-0.39, 0.29) is 10.8 Å². The lowest BCUT2D eigenvalue weighted by molar-refractivity contribution is 0.0386. The minimum atomic E-state index is -3.57. The van der Waals surface area contributed by atoms with Gasteiger partial charge in [-0.05, 0) is 55.5 Å². The second-order valence-electron chi connectivity index (χ2n) is 5.08. The van der Waals surface area contributed by atoms with Crippen molar-refractivity contribution < 1.29 is 13.5 Å². The van der Waals surface area contributed by atoms with Gasteiger partial charge < -0.3 is 10.0 Å². The largest absolute Gasteiger partial charge is 0.387 e. The summed E-state index contributed by atoms with van der Waals surface area (Å²) in [5.74, 6) is 0. The maximum absolute atomic E-state index is 12.1. The number of thiophene rings is 1. The van der Waals surface area contributed by atoms with Gasteiger partial charge in [0.15, 0.2) is 0 Å². The van der Waals surface area contributed by atoms with Crippen molar-refractivity contribution in [3.63, 3.8) is 0 Å². The van der Waals surface area contributed by atoms with Crippen LogP contribution in [0.15, 0.2) is 14.1 Å². The predicted molar refractivity (Wildman–Crippen MR) is 81.1 cm³/mol. The standard InChI is InChI=1S/C11H19BrN2O3S2/c1-8-5-9(18-10(8)12)19(16,17)13-6-11(2,15)7-14(3)4/h5,13,15H,6-7H2,1-4H3. The normalized spacial score (nSPS) is 15.7. The topological polar surface area (TPSA) is 69.6 Å². The molecule has 5 nitrogen and oxygen atoms in total. The van der Waals surface area contributed by atoms with Gasteiger partial charge in [0.05, 0.1) is 9.39 Å². The van der Waals surface area contributed by atoms with Gasteiger partial charge in [-0.2, -0.15) is 0 Å². The number of rotatable bonds is 6. The molecule has 8 heteroatoms. The fourth-order valence-corrected chi connectivity index (χ4v) is 5.06. The Balaban J connectivity index is 2.76. The Morgan fingerprint density at radius 1 is 1.53 bits per heavy atom. The monoisotopic (exact) mass is 370 g/mol. The molecule has 110 valence electrons. The first-order valence-electron chi connectivity index (χ1n) is 5.66. The predicted octanol–water partition coefficient (Wildman–Crippen LogP) is 1.41. The molecule has 1 aromatic rings. The molecule has 0 amide bonds. The molecule has 0 aliphatic rings. The van der Waals surface area contributed by atoms with Crippen LogP contribution in [0.1, 0.15) is 12.5 Å². The first kappa shape index (κ1) is 17.1. The van der Waals surface area contributed by atoms with Crippen molar-refractivity contribution >= 4 is 37.3 Å². The van der Waals surface area contributed by atoms with Crippen LogP contribution < -0.4 is 4.72 Å². The zero-order chi connectivity index (χ0) is 14.8. The summed E-state index contributed by atoms with van der Waals surface area (Å²) in [6, 6.07) is 1.61. The summed E-state index contributed by atoms with van der Waals surface area (Å²) in [5.41, 5.74) is -0.231. The highest BCUT2D eigenvalue weighted by Crippen LogP contribution is 2.30. The third-order valence-corrected chi connectivity index (χ3v) is 6.41. The number of likely N-dealkylation sites (N-methyl/N-ethyl adjacent to an activating group) is 1. The van der Waals surface area contributed by atoms with Crippen molar-refractivity contribution in [3.05, 3.63) is 15.4 Å². The maximum Gasteiger partial charge on any atom is 0.250 e. The highest BCUT2D eigenvalue weighted by Gasteiger charge is 2.26. The minimum absolute atomic E-state index is 0.0257. The quantitative estimate of drug-likeness (QED) is 0.794. The van der Waals surface area contributed by atoms with Gasteiger partial charge in [-0.15, -0.1) is 11.3 Å². The Morgan fingerprint density at radius 2 is 2.11 bits per heavy atom. The van der Waals surface area contributed by atoms with E-state index < -0.39 is 15.6 Å². The van der Waals surface area contributed by atoms with Crippen LogP contribution >= 0.6 is 27.3 Å². The molecule has 0 aliphatic carbocycles. The van der Waals surface area contributed by atoms with Crippen molar-refractivity contribution in [2.45, 2.75) is 23.7 Å². The molecule has 1 atom stereocenters. The third kappa shape index (κ3) is 5.13. The molecule has 2 N–H and O–H groups in total. The van der Waals surface area contributed by atoms with Gasteiger partial charge in [0.2, 0.25) is 10.0 Å². The molecule has 1 heterocycles. The Morgan fingerprint density at radius 3 is 2.53 bits per heavy atom. The van der Waals surface area contributed by atoms with E-state index in [1.807, 2.05) is 21.0 Å². The molecule has 19 heavy (non-hydrogen) atoms. The molecule has 0 radical (unpaired) electrons. The van der Waals surface area contributed by atoms with E-state index in [1.54, 1.807) is 17.9 Å². The van der Waals surface area contributed by atoms with Crippen molar-refractivity contribution in [3.8, 4) is 0 Å². The second-order valence-corrected chi connectivity index (χ2v) is 9.45. The van der Waals surface area contributed by atoms with E-state index in [4.69, 9.17) is 0 Å². The molecule has 0 spiro atoms. The molecule has 0 aromatic carbocycles. The zero-order valence-electron chi connectivity index (χ0n) is 11.4. The van der Waals surface area contributed by atoms with Gasteiger partial charge in [0, 0.05) is 13.1 Å². The molecule has 0 aliphatic heterocycles. The highest BCUT2D eigenvalue weighted by atomic mass is 79.9. The highest BCUT2D eigenvalue weighted by molar-refractivity contribution is 9.11. The molecule has 1 rings (SSSR count). The van der Waals surface area contributed by atoms with Gasteiger partial charge in [-0.3, -0.25) is 0 Å². The zero-order valence-corrected chi connectivity index (χ0v) is 14.6. The van der Waals surface area contributed by atoms with Crippen LogP contribution in [0.3, 0.4) is 0 Å². The molecular formula is C11H19BrN2O3S2. The number of aliphatic hydroxyl groups is 1. The fourth-order valence-electron chi connectivity index (χ4n) is 1.62. The van der Waals surface area contributed by atoms with Crippen LogP contribution in [0.5, 0.6) is 0 Å². The van der Waals surface area contributed by atoms with Crippen LogP contribution in [0, 0.1) is 6.92 Å². The van der Waals surface area contributed by atoms with Crippen molar-refractivity contribution in [1.29, 1.82) is 0 Å². The number of hydrogen-bond donors (Lipinski definition) is 2. The molecule has 1 unspecified atom stereocenters. The summed E-state index contributed by atoms with van der Waals surface area (Å²) in [5, 5.41) is 10.1. The summed E-state index contributed by atoms with van der Waals surface area (Å²) >= 11 is 4.46. The molecule has 1 aromatic heterocycles. The first-order chi connectivity index (χ1) is 8.53. The molecule has 0 bridgehead atoms. The van der Waals surface area contributed by atoms with Gasteiger partial charge in [-0.25, -0.2) is 13.1 Å². The van der Waals surface area contributed by atoms with Crippen LogP contribution in [0.4, 0.5) is 0 Å². The number of aryl methyl sites for hydroxylation is 1. The SMILES string of the molecule is Cc1cc(S(=O)(=O)NCC(C)(O)CN(C)C)sc1Br. The van der Waals surface area contributed by atoms with Crippen LogP contribution in [0.2, 0.25) is 0 Å². The van der Waals surface area contributed by atoms with E-state index in [1.165, 1.54) is 0 Å². The van der Waals surface area contributed by atoms with E-state index in [2.05, 4.69) is 20.7 Å². The Bertz CT molecular complexity index is 519. The van der Waals surface area contributed by atoms with Crippen LogP contribution in [-0.4, -0.2) is 51.2 Å². The summed E-state index contributed by atoms with van der Waals surface area (Å²) in [7, 11) is 0.0733. The van der Waals surface area contributed by atoms with E-state index in [0.29, 0.717) is 6.54 Å². The summed E-state index contributed by atoms with van der Waals surface area (Å²) in [6.45, 7) is 3.79. The van der Waals surface area contributed by atoms with Crippen LogP contribution in [-0.2, 0) is 10.0 Å². The Labute approximate surface area is 126 Å². The number of hydrogen-bond acceptors (Lipinski definition) is 5. The average Bonchev–Trinajstić information content (AvgIpc) is 2.56. The van der Waals surface area contributed by atoms with E-state index >= 15 is 0 Å². The number of nitrogens with one attached hydrogen (secondary N) is 1. The lowest BCUT2D eigenvalue weighted by Crippen LogP contribution is -2.46. The average molecular weight is 371 g/mol. The number of sulfonamides is 1. The summed E-state index contributed by atoms with van der Waals surface area (Å²) in [6.07, 6.45) is 0. The smallest absolute Gasteiger partial charge is 0.250 e. The number of nitrogens with zero attached hydrogens (tertiary/aromatic N) is 1. The summed E-state index contributed by atoms with van der Waals surface area (Å²) in [4.78, 5) is 1.81. The Kier molecular flexibility index (Phi) is 5.56.